The Bertz CT molecular complexity index is 954. The molecule has 0 radical (unpaired) electrons. The first-order valence-corrected chi connectivity index (χ1v) is 11.1. The highest BCUT2D eigenvalue weighted by molar-refractivity contribution is 5.34. The Morgan fingerprint density at radius 1 is 1.07 bits per heavy atom. The summed E-state index contributed by atoms with van der Waals surface area (Å²) >= 11 is 0. The van der Waals surface area contributed by atoms with Gasteiger partial charge in [0.1, 0.15) is 0 Å². The summed E-state index contributed by atoms with van der Waals surface area (Å²) in [5.74, 6) is 3.52. The molecule has 0 aliphatic heterocycles. The molecular weight excluding hydrogens is 350 g/mol. The van der Waals surface area contributed by atoms with Crippen molar-refractivity contribution in [3.63, 3.8) is 0 Å². The van der Waals surface area contributed by atoms with Crippen molar-refractivity contribution in [2.75, 3.05) is 0 Å². The summed E-state index contributed by atoms with van der Waals surface area (Å²) < 4.78 is 1.87. The summed E-state index contributed by atoms with van der Waals surface area (Å²) in [5, 5.41) is 23.2. The molecule has 3 saturated carbocycles. The lowest BCUT2D eigenvalue weighted by Gasteiger charge is -2.61. The van der Waals surface area contributed by atoms with E-state index in [2.05, 4.69) is 41.3 Å². The molecule has 6 nitrogen and oxygen atoms in total. The summed E-state index contributed by atoms with van der Waals surface area (Å²) in [7, 11) is 0. The van der Waals surface area contributed by atoms with Crippen LogP contribution in [-0.2, 0) is 12.8 Å². The first kappa shape index (κ1) is 17.3. The van der Waals surface area contributed by atoms with Crippen LogP contribution in [0.1, 0.15) is 70.6 Å². The minimum absolute atomic E-state index is 0.101. The smallest absolute Gasteiger partial charge is 0.273 e. The van der Waals surface area contributed by atoms with Crippen LogP contribution in [0, 0.1) is 34.5 Å². The summed E-state index contributed by atoms with van der Waals surface area (Å²) in [6.45, 7) is 7.03. The molecule has 0 aromatic carbocycles. The molecule has 6 heteroatoms. The van der Waals surface area contributed by atoms with E-state index in [1.807, 2.05) is 10.7 Å². The largest absolute Gasteiger partial charge is 0.390 e. The minimum atomic E-state index is -0.491. The number of fused-ring (bicyclic) bond motifs is 8. The van der Waals surface area contributed by atoms with Gasteiger partial charge in [0.15, 0.2) is 0 Å². The van der Waals surface area contributed by atoms with Crippen LogP contribution < -0.4 is 0 Å². The fraction of sp³-hybridized carbons (Fsp3) is 0.818. The number of aromatic nitrogens is 5. The predicted molar refractivity (Wildman–Crippen MR) is 104 cm³/mol. The van der Waals surface area contributed by atoms with Gasteiger partial charge in [-0.25, -0.2) is 4.98 Å². The molecule has 2 heterocycles. The van der Waals surface area contributed by atoms with Crippen molar-refractivity contribution in [2.24, 2.45) is 34.5 Å². The normalized spacial score (nSPS) is 47.3. The Morgan fingerprint density at radius 2 is 1.89 bits per heavy atom. The topological polar surface area (TPSA) is 76.2 Å². The highest BCUT2D eigenvalue weighted by Crippen LogP contribution is 2.67. The maximum atomic E-state index is 11.1. The van der Waals surface area contributed by atoms with Gasteiger partial charge in [0, 0.05) is 6.20 Å². The zero-order chi connectivity index (χ0) is 19.3. The van der Waals surface area contributed by atoms with Gasteiger partial charge in [-0.1, -0.05) is 18.9 Å². The van der Waals surface area contributed by atoms with Gasteiger partial charge < -0.3 is 5.11 Å². The van der Waals surface area contributed by atoms with Crippen LogP contribution in [0.4, 0.5) is 0 Å². The van der Waals surface area contributed by atoms with Gasteiger partial charge in [0.25, 0.3) is 5.78 Å². The molecule has 0 saturated heterocycles. The van der Waals surface area contributed by atoms with Crippen molar-refractivity contribution in [3.05, 3.63) is 17.5 Å². The van der Waals surface area contributed by atoms with Crippen LogP contribution in [-0.4, -0.2) is 35.7 Å². The molecule has 28 heavy (non-hydrogen) atoms. The zero-order valence-corrected chi connectivity index (χ0v) is 17.2. The van der Waals surface area contributed by atoms with Crippen molar-refractivity contribution >= 4 is 5.78 Å². The lowest BCUT2D eigenvalue weighted by atomic mass is 9.44. The van der Waals surface area contributed by atoms with Gasteiger partial charge in [-0.05, 0) is 109 Å². The number of aliphatic hydroxyl groups is 1. The molecular formula is C22H31N5O. The summed E-state index contributed by atoms with van der Waals surface area (Å²) in [6, 6.07) is 0. The monoisotopic (exact) mass is 381 g/mol. The third kappa shape index (κ3) is 1.98. The molecule has 4 aliphatic carbocycles. The second kappa shape index (κ2) is 5.32. The van der Waals surface area contributed by atoms with E-state index in [0.29, 0.717) is 23.0 Å². The first-order valence-electron chi connectivity index (χ1n) is 11.1. The number of hydrogen-bond acceptors (Lipinski definition) is 5. The summed E-state index contributed by atoms with van der Waals surface area (Å²) in [5.41, 5.74) is 2.56. The average Bonchev–Trinajstić information content (AvgIpc) is 3.22. The van der Waals surface area contributed by atoms with Crippen molar-refractivity contribution in [2.45, 2.75) is 77.7 Å². The van der Waals surface area contributed by atoms with Gasteiger partial charge in [-0.15, -0.1) is 0 Å². The summed E-state index contributed by atoms with van der Waals surface area (Å²) in [6.07, 6.45) is 11.4. The SMILES string of the molecule is CC12Cc3cnc4nnnn4c3CC1CCC1C2CCC2(C)C1CCC2(C)O. The molecule has 150 valence electrons. The third-order valence-electron chi connectivity index (χ3n) is 10.1. The van der Waals surface area contributed by atoms with Gasteiger partial charge in [-0.2, -0.15) is 4.52 Å². The average molecular weight is 382 g/mol. The second-order valence-electron chi connectivity index (χ2n) is 10.9. The maximum absolute atomic E-state index is 11.1. The second-order valence-corrected chi connectivity index (χ2v) is 10.9. The Kier molecular flexibility index (Phi) is 3.29. The van der Waals surface area contributed by atoms with E-state index < -0.39 is 5.60 Å². The van der Waals surface area contributed by atoms with E-state index in [0.717, 1.165) is 31.1 Å². The van der Waals surface area contributed by atoms with E-state index in [9.17, 15) is 5.11 Å². The van der Waals surface area contributed by atoms with Crippen LogP contribution in [0.5, 0.6) is 0 Å². The number of rotatable bonds is 0. The van der Waals surface area contributed by atoms with Crippen LogP contribution in [0.15, 0.2) is 6.20 Å². The fourth-order valence-electron chi connectivity index (χ4n) is 8.18. The molecule has 1 N–H and O–H groups in total. The van der Waals surface area contributed by atoms with E-state index in [4.69, 9.17) is 0 Å². The molecule has 7 atom stereocenters. The standard InChI is InChI=1S/C22H31N5O/c1-20-11-13-12-23-19-24-25-26-27(19)18(13)10-14(20)4-5-15-16(20)6-8-21(2)17(15)7-9-22(21,3)28/h12,14-17,28H,4-11H2,1-3H3. The van der Waals surface area contributed by atoms with Gasteiger partial charge in [0.2, 0.25) is 0 Å². The van der Waals surface area contributed by atoms with Crippen LogP contribution in [0.3, 0.4) is 0 Å². The van der Waals surface area contributed by atoms with Crippen molar-refractivity contribution in [1.29, 1.82) is 0 Å². The molecule has 0 amide bonds. The molecule has 0 bridgehead atoms. The zero-order valence-electron chi connectivity index (χ0n) is 17.2. The Balaban J connectivity index is 1.39. The molecule has 3 fully saturated rings. The lowest BCUT2D eigenvalue weighted by molar-refractivity contribution is -0.139. The number of hydrogen-bond donors (Lipinski definition) is 1. The number of nitrogens with zero attached hydrogens (tertiary/aromatic N) is 5. The maximum Gasteiger partial charge on any atom is 0.273 e. The predicted octanol–water partition coefficient (Wildman–Crippen LogP) is 3.23. The van der Waals surface area contributed by atoms with Crippen molar-refractivity contribution in [3.8, 4) is 0 Å². The number of tetrazole rings is 1. The van der Waals surface area contributed by atoms with E-state index in [1.165, 1.54) is 43.4 Å². The van der Waals surface area contributed by atoms with Gasteiger partial charge in [-0.3, -0.25) is 0 Å². The van der Waals surface area contributed by atoms with E-state index in [-0.39, 0.29) is 5.41 Å². The Morgan fingerprint density at radius 3 is 2.75 bits per heavy atom. The highest BCUT2D eigenvalue weighted by atomic mass is 16.3. The van der Waals surface area contributed by atoms with Crippen molar-refractivity contribution in [1.82, 2.24) is 25.0 Å². The lowest BCUT2D eigenvalue weighted by Crippen LogP contribution is -2.56. The van der Waals surface area contributed by atoms with Crippen LogP contribution >= 0.6 is 0 Å². The fourth-order valence-corrected chi connectivity index (χ4v) is 8.18. The molecule has 7 unspecified atom stereocenters. The van der Waals surface area contributed by atoms with E-state index >= 15 is 0 Å². The molecule has 6 rings (SSSR count). The molecule has 0 spiro atoms. The first-order chi connectivity index (χ1) is 13.3. The Hall–Kier alpha value is -1.56. The molecule has 4 aliphatic rings. The molecule has 2 aromatic rings. The van der Waals surface area contributed by atoms with Crippen molar-refractivity contribution < 1.29 is 5.11 Å². The van der Waals surface area contributed by atoms with Crippen LogP contribution in [0.25, 0.3) is 5.78 Å². The Labute approximate surface area is 166 Å². The minimum Gasteiger partial charge on any atom is -0.390 e. The van der Waals surface area contributed by atoms with Gasteiger partial charge >= 0.3 is 0 Å². The van der Waals surface area contributed by atoms with E-state index in [1.54, 1.807) is 0 Å². The quantitative estimate of drug-likeness (QED) is 0.758. The third-order valence-corrected chi connectivity index (χ3v) is 10.1. The summed E-state index contributed by atoms with van der Waals surface area (Å²) in [4.78, 5) is 4.50. The molecule has 2 aromatic heterocycles. The van der Waals surface area contributed by atoms with Crippen LogP contribution in [0.2, 0.25) is 0 Å². The highest BCUT2D eigenvalue weighted by Gasteiger charge is 2.63. The van der Waals surface area contributed by atoms with Gasteiger partial charge in [0.05, 0.1) is 11.3 Å².